The molecule has 0 spiro atoms. The second-order valence-corrected chi connectivity index (χ2v) is 6.26. The van der Waals surface area contributed by atoms with E-state index in [1.54, 1.807) is 7.11 Å². The summed E-state index contributed by atoms with van der Waals surface area (Å²) >= 11 is 0. The van der Waals surface area contributed by atoms with E-state index in [9.17, 15) is 5.11 Å². The number of piperazine rings is 1. The van der Waals surface area contributed by atoms with Gasteiger partial charge in [-0.2, -0.15) is 0 Å². The van der Waals surface area contributed by atoms with Gasteiger partial charge in [0.05, 0.1) is 7.11 Å². The summed E-state index contributed by atoms with van der Waals surface area (Å²) in [5.41, 5.74) is 1.27. The number of anilines is 1. The molecule has 0 bridgehead atoms. The number of aliphatic hydroxyl groups excluding tert-OH is 1. The van der Waals surface area contributed by atoms with Crippen LogP contribution in [0.4, 0.5) is 5.69 Å². The number of methoxy groups -OCH3 is 1. The predicted octanol–water partition coefficient (Wildman–Crippen LogP) is -3.73. The number of ether oxygens (including phenoxy) is 2. The van der Waals surface area contributed by atoms with Crippen LogP contribution < -0.4 is 39.2 Å². The Kier molecular flexibility index (Phi) is 10.3. The molecule has 150 valence electrons. The van der Waals surface area contributed by atoms with Crippen LogP contribution in [-0.4, -0.2) is 62.6 Å². The maximum Gasteiger partial charge on any atom is 0.119 e. The zero-order valence-electron chi connectivity index (χ0n) is 15.4. The lowest BCUT2D eigenvalue weighted by Gasteiger charge is -2.36. The van der Waals surface area contributed by atoms with E-state index in [4.69, 9.17) is 9.47 Å². The Balaban J connectivity index is 0.00000182. The third kappa shape index (κ3) is 7.11. The lowest BCUT2D eigenvalue weighted by Crippen LogP contribution is -3.00. The summed E-state index contributed by atoms with van der Waals surface area (Å²) in [4.78, 5) is 4.68. The highest BCUT2D eigenvalue weighted by atomic mass is 35.5. The Labute approximate surface area is 173 Å². The Bertz CT molecular complexity index is 635. The Hall–Kier alpha value is -1.66. The fourth-order valence-electron chi connectivity index (χ4n) is 3.04. The van der Waals surface area contributed by atoms with Crippen LogP contribution in [0.25, 0.3) is 0 Å². The van der Waals surface area contributed by atoms with Crippen LogP contribution in [0.1, 0.15) is 0 Å². The lowest BCUT2D eigenvalue weighted by atomic mass is 10.2. The Morgan fingerprint density at radius 3 is 2.07 bits per heavy atom. The van der Waals surface area contributed by atoms with Crippen molar-refractivity contribution >= 4 is 5.69 Å². The van der Waals surface area contributed by atoms with Crippen molar-refractivity contribution in [1.82, 2.24) is 4.90 Å². The molecular weight excluding hydrogens is 387 g/mol. The molecule has 1 saturated heterocycles. The summed E-state index contributed by atoms with van der Waals surface area (Å²) in [5, 5.41) is 10.2. The van der Waals surface area contributed by atoms with Gasteiger partial charge in [0.2, 0.25) is 0 Å². The number of benzene rings is 2. The molecule has 5 nitrogen and oxygen atoms in total. The molecule has 0 aliphatic carbocycles. The first-order valence-corrected chi connectivity index (χ1v) is 8.72. The number of halogens is 2. The molecule has 2 aromatic carbocycles. The van der Waals surface area contributed by atoms with Crippen molar-refractivity contribution in [3.8, 4) is 11.5 Å². The molecule has 0 aromatic heterocycles. The molecule has 1 aliphatic rings. The summed E-state index contributed by atoms with van der Waals surface area (Å²) < 4.78 is 10.8. The van der Waals surface area contributed by atoms with Gasteiger partial charge in [0.1, 0.15) is 24.2 Å². The van der Waals surface area contributed by atoms with E-state index in [1.807, 2.05) is 30.3 Å². The van der Waals surface area contributed by atoms with Crippen LogP contribution in [-0.2, 0) is 0 Å². The number of nitrogens with zero attached hydrogens (tertiary/aromatic N) is 2. The molecule has 3 rings (SSSR count). The molecule has 27 heavy (non-hydrogen) atoms. The molecule has 0 radical (unpaired) electrons. The number of aliphatic hydroxyl groups is 1. The zero-order valence-corrected chi connectivity index (χ0v) is 16.9. The van der Waals surface area contributed by atoms with E-state index < -0.39 is 6.10 Å². The zero-order chi connectivity index (χ0) is 17.5. The predicted molar refractivity (Wildman–Crippen MR) is 99.6 cm³/mol. The number of hydrogen-bond acceptors (Lipinski definition) is 5. The van der Waals surface area contributed by atoms with Gasteiger partial charge in [0, 0.05) is 38.4 Å². The van der Waals surface area contributed by atoms with Gasteiger partial charge in [-0.1, -0.05) is 18.2 Å². The minimum Gasteiger partial charge on any atom is -1.00 e. The fraction of sp³-hybridized carbons (Fsp3) is 0.400. The molecule has 2 aromatic rings. The minimum absolute atomic E-state index is 0. The molecule has 1 atom stereocenters. The largest absolute Gasteiger partial charge is 1.00 e. The van der Waals surface area contributed by atoms with Crippen LogP contribution in [0, 0.1) is 0 Å². The highest BCUT2D eigenvalue weighted by Crippen LogP contribution is 2.18. The number of rotatable bonds is 7. The molecule has 0 amide bonds. The lowest BCUT2D eigenvalue weighted by molar-refractivity contribution is -0.001000. The van der Waals surface area contributed by atoms with E-state index in [1.165, 1.54) is 5.69 Å². The molecule has 0 saturated carbocycles. The summed E-state index contributed by atoms with van der Waals surface area (Å²) in [6.07, 6.45) is -0.495. The van der Waals surface area contributed by atoms with E-state index in [0.29, 0.717) is 13.2 Å². The van der Waals surface area contributed by atoms with Crippen LogP contribution in [0.15, 0.2) is 54.6 Å². The molecule has 1 aliphatic heterocycles. The Morgan fingerprint density at radius 1 is 0.889 bits per heavy atom. The SMILES string of the molecule is COc1ccc(OCC(O)CN2CCN(c3ccccc3)CC2)cc1.[Cl-].[Cl-]. The third-order valence-electron chi connectivity index (χ3n) is 4.46. The monoisotopic (exact) mass is 412 g/mol. The fourth-order valence-corrected chi connectivity index (χ4v) is 3.04. The number of hydrogen-bond donors (Lipinski definition) is 1. The maximum absolute atomic E-state index is 10.2. The van der Waals surface area contributed by atoms with E-state index in [0.717, 1.165) is 37.7 Å². The normalized spacial score (nSPS) is 15.3. The van der Waals surface area contributed by atoms with Crippen LogP contribution in [0.2, 0.25) is 0 Å². The van der Waals surface area contributed by atoms with Crippen molar-refractivity contribution in [2.75, 3.05) is 51.3 Å². The van der Waals surface area contributed by atoms with E-state index in [-0.39, 0.29) is 24.8 Å². The van der Waals surface area contributed by atoms with Crippen LogP contribution in [0.3, 0.4) is 0 Å². The van der Waals surface area contributed by atoms with Crippen molar-refractivity contribution in [2.45, 2.75) is 6.10 Å². The van der Waals surface area contributed by atoms with Gasteiger partial charge >= 0.3 is 0 Å². The first-order chi connectivity index (χ1) is 12.2. The molecule has 1 N–H and O–H groups in total. The quantitative estimate of drug-likeness (QED) is 0.506. The highest BCUT2D eigenvalue weighted by molar-refractivity contribution is 5.46. The maximum atomic E-state index is 10.2. The number of β-amino-alcohol motifs (C(OH)–C–C–N with tert-alkyl or cyclic N) is 1. The van der Waals surface area contributed by atoms with Crippen molar-refractivity contribution in [3.63, 3.8) is 0 Å². The van der Waals surface area contributed by atoms with E-state index in [2.05, 4.69) is 34.1 Å². The third-order valence-corrected chi connectivity index (χ3v) is 4.46. The van der Waals surface area contributed by atoms with Gasteiger partial charge in [-0.15, -0.1) is 0 Å². The smallest absolute Gasteiger partial charge is 0.119 e. The molecular formula is C20H26Cl2N2O3-2. The van der Waals surface area contributed by atoms with Crippen molar-refractivity contribution in [1.29, 1.82) is 0 Å². The summed E-state index contributed by atoms with van der Waals surface area (Å²) in [7, 11) is 1.64. The van der Waals surface area contributed by atoms with E-state index >= 15 is 0 Å². The van der Waals surface area contributed by atoms with Gasteiger partial charge in [-0.05, 0) is 36.4 Å². The highest BCUT2D eigenvalue weighted by Gasteiger charge is 2.19. The van der Waals surface area contributed by atoms with Gasteiger partial charge in [0.25, 0.3) is 0 Å². The first-order valence-electron chi connectivity index (χ1n) is 8.72. The Morgan fingerprint density at radius 2 is 1.48 bits per heavy atom. The van der Waals surface area contributed by atoms with Crippen LogP contribution in [0.5, 0.6) is 11.5 Å². The molecule has 1 unspecified atom stereocenters. The average molecular weight is 413 g/mol. The first kappa shape index (κ1) is 23.4. The number of para-hydroxylation sites is 1. The standard InChI is InChI=1S/C20H26N2O3.2ClH/c1-24-19-7-9-20(10-8-19)25-16-18(23)15-21-11-13-22(14-12-21)17-5-3-2-4-6-17;;/h2-10,18,23H,11-16H2,1H3;2*1H/p-2. The van der Waals surface area contributed by atoms with Gasteiger partial charge in [0.15, 0.2) is 0 Å². The van der Waals surface area contributed by atoms with Crippen molar-refractivity contribution in [2.24, 2.45) is 0 Å². The van der Waals surface area contributed by atoms with Gasteiger partial charge in [-0.3, -0.25) is 4.90 Å². The molecule has 7 heteroatoms. The van der Waals surface area contributed by atoms with Crippen molar-refractivity contribution < 1.29 is 39.4 Å². The van der Waals surface area contributed by atoms with Gasteiger partial charge in [-0.25, -0.2) is 0 Å². The summed E-state index contributed by atoms with van der Waals surface area (Å²) in [6, 6.07) is 17.9. The summed E-state index contributed by atoms with van der Waals surface area (Å²) in [6.45, 7) is 4.80. The van der Waals surface area contributed by atoms with Crippen molar-refractivity contribution in [3.05, 3.63) is 54.6 Å². The van der Waals surface area contributed by atoms with Crippen LogP contribution >= 0.6 is 0 Å². The topological polar surface area (TPSA) is 45.2 Å². The molecule has 1 fully saturated rings. The summed E-state index contributed by atoms with van der Waals surface area (Å²) in [5.74, 6) is 1.54. The second kappa shape index (κ2) is 11.9. The second-order valence-electron chi connectivity index (χ2n) is 6.26. The molecule has 1 heterocycles. The van der Waals surface area contributed by atoms with Gasteiger partial charge < -0.3 is 44.3 Å². The minimum atomic E-state index is -0.495. The average Bonchev–Trinajstić information content (AvgIpc) is 2.68.